The van der Waals surface area contributed by atoms with E-state index in [4.69, 9.17) is 11.6 Å². The first-order chi connectivity index (χ1) is 13.0. The van der Waals surface area contributed by atoms with Gasteiger partial charge in [-0.15, -0.1) is 0 Å². The zero-order valence-electron chi connectivity index (χ0n) is 14.9. The molecule has 0 fully saturated rings. The number of amides is 1. The van der Waals surface area contributed by atoms with Crippen LogP contribution in [0.4, 0.5) is 0 Å². The molecule has 5 nitrogen and oxygen atoms in total. The second kappa shape index (κ2) is 8.64. The van der Waals surface area contributed by atoms with Gasteiger partial charge in [-0.25, -0.2) is 0 Å². The molecule has 1 amide bonds. The van der Waals surface area contributed by atoms with Crippen LogP contribution < -0.4 is 0 Å². The molecule has 3 aromatic rings. The van der Waals surface area contributed by atoms with Gasteiger partial charge < -0.3 is 10.0 Å². The molecular formula is C21H20ClN3O2. The highest BCUT2D eigenvalue weighted by molar-refractivity contribution is 6.31. The van der Waals surface area contributed by atoms with Gasteiger partial charge in [0.25, 0.3) is 0 Å². The van der Waals surface area contributed by atoms with E-state index < -0.39 is 0 Å². The quantitative estimate of drug-likeness (QED) is 0.700. The third-order valence-corrected chi connectivity index (χ3v) is 4.72. The maximum absolute atomic E-state index is 12.9. The summed E-state index contributed by atoms with van der Waals surface area (Å²) in [5.74, 6) is -0.151. The van der Waals surface area contributed by atoms with E-state index in [1.807, 2.05) is 24.3 Å². The van der Waals surface area contributed by atoms with Crippen molar-refractivity contribution in [3.05, 3.63) is 89.0 Å². The average molecular weight is 382 g/mol. The van der Waals surface area contributed by atoms with Crippen LogP contribution in [0, 0.1) is 0 Å². The van der Waals surface area contributed by atoms with Crippen LogP contribution in [0.2, 0.25) is 5.02 Å². The van der Waals surface area contributed by atoms with E-state index in [1.54, 1.807) is 54.8 Å². The van der Waals surface area contributed by atoms with Gasteiger partial charge in [0.15, 0.2) is 0 Å². The molecule has 1 atom stereocenters. The summed E-state index contributed by atoms with van der Waals surface area (Å²) in [7, 11) is 1.74. The number of carbonyl (C=O) groups excluding carboxylic acids is 1. The van der Waals surface area contributed by atoms with E-state index in [1.165, 1.54) is 0 Å². The lowest BCUT2D eigenvalue weighted by Gasteiger charge is -2.23. The molecule has 6 heteroatoms. The Labute approximate surface area is 163 Å². The van der Waals surface area contributed by atoms with Crippen LogP contribution in [-0.2, 0) is 11.3 Å². The zero-order valence-corrected chi connectivity index (χ0v) is 15.7. The van der Waals surface area contributed by atoms with Gasteiger partial charge in [0.1, 0.15) is 5.75 Å². The second-order valence-corrected chi connectivity index (χ2v) is 6.73. The van der Waals surface area contributed by atoms with E-state index in [2.05, 4.69) is 9.97 Å². The fourth-order valence-electron chi connectivity index (χ4n) is 2.98. The van der Waals surface area contributed by atoms with Crippen LogP contribution in [0.1, 0.15) is 29.2 Å². The Morgan fingerprint density at radius 2 is 2.00 bits per heavy atom. The summed E-state index contributed by atoms with van der Waals surface area (Å²) in [6, 6.07) is 14.4. The normalized spacial score (nSPS) is 11.8. The Morgan fingerprint density at radius 1 is 1.19 bits per heavy atom. The summed E-state index contributed by atoms with van der Waals surface area (Å²) in [6.45, 7) is 0.377. The maximum atomic E-state index is 12.9. The standard InChI is InChI=1S/C21H20ClN3O2/c1-25(14-16-13-23-9-10-24-16)21(27)12-19(15-5-4-6-17(26)11-15)18-7-2-3-8-20(18)22/h2-11,13,19,26H,12,14H2,1H3. The Hall–Kier alpha value is -2.92. The number of nitrogens with zero attached hydrogens (tertiary/aromatic N) is 3. The molecule has 0 aliphatic heterocycles. The van der Waals surface area contributed by atoms with Gasteiger partial charge >= 0.3 is 0 Å². The topological polar surface area (TPSA) is 66.3 Å². The summed E-state index contributed by atoms with van der Waals surface area (Å²) in [4.78, 5) is 22.7. The molecule has 1 N–H and O–H groups in total. The third kappa shape index (κ3) is 4.83. The van der Waals surface area contributed by atoms with Gasteiger partial charge in [0.2, 0.25) is 5.91 Å². The zero-order chi connectivity index (χ0) is 19.2. The molecule has 0 spiro atoms. The van der Waals surface area contributed by atoms with E-state index in [0.29, 0.717) is 11.6 Å². The highest BCUT2D eigenvalue weighted by Gasteiger charge is 2.23. The van der Waals surface area contributed by atoms with Crippen molar-refractivity contribution in [3.8, 4) is 5.75 Å². The van der Waals surface area contributed by atoms with E-state index in [9.17, 15) is 9.90 Å². The van der Waals surface area contributed by atoms with Crippen molar-refractivity contribution < 1.29 is 9.90 Å². The van der Waals surface area contributed by atoms with Gasteiger partial charge in [0, 0.05) is 36.8 Å². The smallest absolute Gasteiger partial charge is 0.223 e. The van der Waals surface area contributed by atoms with Gasteiger partial charge in [-0.05, 0) is 29.3 Å². The van der Waals surface area contributed by atoms with Crippen molar-refractivity contribution in [1.82, 2.24) is 14.9 Å². The fourth-order valence-corrected chi connectivity index (χ4v) is 3.25. The summed E-state index contributed by atoms with van der Waals surface area (Å²) < 4.78 is 0. The average Bonchev–Trinajstić information content (AvgIpc) is 2.67. The molecule has 0 radical (unpaired) electrons. The lowest BCUT2D eigenvalue weighted by atomic mass is 9.88. The van der Waals surface area contributed by atoms with Crippen molar-refractivity contribution >= 4 is 17.5 Å². The number of benzene rings is 2. The highest BCUT2D eigenvalue weighted by Crippen LogP contribution is 2.34. The molecule has 0 saturated carbocycles. The Bertz CT molecular complexity index is 918. The van der Waals surface area contributed by atoms with E-state index >= 15 is 0 Å². The molecule has 1 unspecified atom stereocenters. The minimum Gasteiger partial charge on any atom is -0.508 e. The van der Waals surface area contributed by atoms with Gasteiger partial charge in [-0.3, -0.25) is 14.8 Å². The van der Waals surface area contributed by atoms with Gasteiger partial charge in [-0.1, -0.05) is 41.9 Å². The van der Waals surface area contributed by atoms with Crippen LogP contribution in [0.15, 0.2) is 67.1 Å². The lowest BCUT2D eigenvalue weighted by molar-refractivity contribution is -0.130. The summed E-state index contributed by atoms with van der Waals surface area (Å²) in [5.41, 5.74) is 2.41. The van der Waals surface area contributed by atoms with Crippen LogP contribution in [0.5, 0.6) is 5.75 Å². The molecule has 3 rings (SSSR count). The molecular weight excluding hydrogens is 362 g/mol. The van der Waals surface area contributed by atoms with Crippen LogP contribution in [-0.4, -0.2) is 32.9 Å². The number of phenolic OH excluding ortho intramolecular Hbond substituents is 1. The number of aromatic hydroxyl groups is 1. The third-order valence-electron chi connectivity index (χ3n) is 4.37. The summed E-state index contributed by atoms with van der Waals surface area (Å²) >= 11 is 6.40. The van der Waals surface area contributed by atoms with Crippen LogP contribution in [0.3, 0.4) is 0 Å². The first kappa shape index (κ1) is 18.9. The van der Waals surface area contributed by atoms with Crippen molar-refractivity contribution in [3.63, 3.8) is 0 Å². The first-order valence-electron chi connectivity index (χ1n) is 8.57. The number of phenols is 1. The Balaban J connectivity index is 1.85. The Kier molecular flexibility index (Phi) is 6.04. The molecule has 2 aromatic carbocycles. The minimum absolute atomic E-state index is 0.0473. The molecule has 1 heterocycles. The first-order valence-corrected chi connectivity index (χ1v) is 8.94. The Morgan fingerprint density at radius 3 is 2.70 bits per heavy atom. The minimum atomic E-state index is -0.261. The lowest BCUT2D eigenvalue weighted by Crippen LogP contribution is -2.28. The second-order valence-electron chi connectivity index (χ2n) is 6.32. The van der Waals surface area contributed by atoms with E-state index in [0.717, 1.165) is 16.8 Å². The summed E-state index contributed by atoms with van der Waals surface area (Å²) in [6.07, 6.45) is 5.07. The SMILES string of the molecule is CN(Cc1cnccn1)C(=O)CC(c1cccc(O)c1)c1ccccc1Cl. The number of rotatable bonds is 6. The van der Waals surface area contributed by atoms with Crippen molar-refractivity contribution in [2.45, 2.75) is 18.9 Å². The molecule has 0 bridgehead atoms. The van der Waals surface area contributed by atoms with Crippen LogP contribution >= 0.6 is 11.6 Å². The highest BCUT2D eigenvalue weighted by atomic mass is 35.5. The summed E-state index contributed by atoms with van der Waals surface area (Å²) in [5, 5.41) is 10.5. The van der Waals surface area contributed by atoms with Gasteiger partial charge in [0.05, 0.1) is 18.4 Å². The van der Waals surface area contributed by atoms with Crippen molar-refractivity contribution in [2.75, 3.05) is 7.05 Å². The molecule has 0 saturated heterocycles. The molecule has 1 aromatic heterocycles. The van der Waals surface area contributed by atoms with Gasteiger partial charge in [-0.2, -0.15) is 0 Å². The maximum Gasteiger partial charge on any atom is 0.223 e. The van der Waals surface area contributed by atoms with Crippen LogP contribution in [0.25, 0.3) is 0 Å². The largest absolute Gasteiger partial charge is 0.508 e. The molecule has 27 heavy (non-hydrogen) atoms. The van der Waals surface area contributed by atoms with Crippen molar-refractivity contribution in [1.29, 1.82) is 0 Å². The molecule has 138 valence electrons. The number of carbonyl (C=O) groups is 1. The number of hydrogen-bond donors (Lipinski definition) is 1. The predicted octanol–water partition coefficient (Wildman–Crippen LogP) is 4.02. The van der Waals surface area contributed by atoms with E-state index in [-0.39, 0.29) is 24.0 Å². The number of hydrogen-bond acceptors (Lipinski definition) is 4. The number of halogens is 1. The fraction of sp³-hybridized carbons (Fsp3) is 0.190. The molecule has 0 aliphatic rings. The molecule has 0 aliphatic carbocycles. The van der Waals surface area contributed by atoms with Crippen molar-refractivity contribution in [2.24, 2.45) is 0 Å². The number of aromatic nitrogens is 2. The monoisotopic (exact) mass is 381 g/mol. The predicted molar refractivity (Wildman–Crippen MR) is 105 cm³/mol.